The van der Waals surface area contributed by atoms with Gasteiger partial charge in [0.25, 0.3) is 0 Å². The Kier molecular flexibility index (Phi) is 4.66. The van der Waals surface area contributed by atoms with Gasteiger partial charge in [-0.2, -0.15) is 0 Å². The van der Waals surface area contributed by atoms with Gasteiger partial charge in [0.05, 0.1) is 0 Å². The van der Waals surface area contributed by atoms with E-state index in [2.05, 4.69) is 17.1 Å². The third-order valence-electron chi connectivity index (χ3n) is 3.56. The second-order valence-corrected chi connectivity index (χ2v) is 4.86. The number of benzene rings is 1. The Morgan fingerprint density at radius 1 is 1.33 bits per heavy atom. The molecule has 2 rings (SSSR count). The van der Waals surface area contributed by atoms with Crippen LogP contribution in [-0.2, 0) is 6.54 Å². The van der Waals surface area contributed by atoms with Gasteiger partial charge in [0.2, 0.25) is 0 Å². The van der Waals surface area contributed by atoms with E-state index < -0.39 is 11.6 Å². The molecule has 2 nitrogen and oxygen atoms in total. The second kappa shape index (κ2) is 6.25. The summed E-state index contributed by atoms with van der Waals surface area (Å²) in [6.07, 6.45) is 2.21. The molecule has 18 heavy (non-hydrogen) atoms. The molecule has 4 heteroatoms. The van der Waals surface area contributed by atoms with Crippen LogP contribution >= 0.6 is 0 Å². The van der Waals surface area contributed by atoms with Crippen LogP contribution in [0.2, 0.25) is 0 Å². The fraction of sp³-hybridized carbons (Fsp3) is 0.571. The van der Waals surface area contributed by atoms with Gasteiger partial charge in [-0.25, -0.2) is 8.78 Å². The fourth-order valence-corrected chi connectivity index (χ4v) is 2.38. The topological polar surface area (TPSA) is 15.3 Å². The Balaban J connectivity index is 1.96. The van der Waals surface area contributed by atoms with Crippen LogP contribution in [0.1, 0.15) is 25.3 Å². The predicted octanol–water partition coefficient (Wildman–Crippen LogP) is 2.54. The van der Waals surface area contributed by atoms with Crippen molar-refractivity contribution in [3.05, 3.63) is 35.4 Å². The summed E-state index contributed by atoms with van der Waals surface area (Å²) < 4.78 is 26.4. The smallest absolute Gasteiger partial charge is 0.130 e. The van der Waals surface area contributed by atoms with Gasteiger partial charge in [0.1, 0.15) is 11.6 Å². The van der Waals surface area contributed by atoms with Crippen LogP contribution < -0.4 is 5.32 Å². The van der Waals surface area contributed by atoms with E-state index in [0.29, 0.717) is 18.2 Å². The van der Waals surface area contributed by atoms with Gasteiger partial charge in [0.15, 0.2) is 0 Å². The third-order valence-corrected chi connectivity index (χ3v) is 3.56. The van der Waals surface area contributed by atoms with Crippen LogP contribution in [0.25, 0.3) is 0 Å². The van der Waals surface area contributed by atoms with Crippen LogP contribution in [0, 0.1) is 11.6 Å². The first-order valence-electron chi connectivity index (χ1n) is 6.58. The van der Waals surface area contributed by atoms with Crippen LogP contribution in [0.15, 0.2) is 18.2 Å². The van der Waals surface area contributed by atoms with Gasteiger partial charge in [-0.3, -0.25) is 4.90 Å². The SMILES string of the molecule is CCC1CCN(Cc2ccc(F)cc2F)CCN1. The van der Waals surface area contributed by atoms with Crippen molar-refractivity contribution in [1.82, 2.24) is 10.2 Å². The minimum atomic E-state index is -0.514. The molecule has 1 heterocycles. The second-order valence-electron chi connectivity index (χ2n) is 4.86. The lowest BCUT2D eigenvalue weighted by Crippen LogP contribution is -2.30. The molecule has 1 atom stereocenters. The molecule has 1 aliphatic heterocycles. The van der Waals surface area contributed by atoms with Crippen molar-refractivity contribution in [1.29, 1.82) is 0 Å². The van der Waals surface area contributed by atoms with E-state index in [0.717, 1.165) is 38.5 Å². The van der Waals surface area contributed by atoms with Crippen LogP contribution in [0.5, 0.6) is 0 Å². The van der Waals surface area contributed by atoms with Crippen LogP contribution in [0.4, 0.5) is 8.78 Å². The van der Waals surface area contributed by atoms with Crippen molar-refractivity contribution < 1.29 is 8.78 Å². The molecule has 0 saturated carbocycles. The maximum absolute atomic E-state index is 13.6. The summed E-state index contributed by atoms with van der Waals surface area (Å²) >= 11 is 0. The highest BCUT2D eigenvalue weighted by molar-refractivity contribution is 5.18. The molecule has 1 aromatic rings. The molecular formula is C14H20F2N2. The maximum Gasteiger partial charge on any atom is 0.130 e. The van der Waals surface area contributed by atoms with Crippen molar-refractivity contribution in [3.8, 4) is 0 Å². The van der Waals surface area contributed by atoms with Crippen molar-refractivity contribution in [2.24, 2.45) is 0 Å². The quantitative estimate of drug-likeness (QED) is 0.891. The molecule has 0 amide bonds. The Morgan fingerprint density at radius 2 is 2.17 bits per heavy atom. The minimum Gasteiger partial charge on any atom is -0.313 e. The zero-order valence-electron chi connectivity index (χ0n) is 10.8. The highest BCUT2D eigenvalue weighted by Gasteiger charge is 2.16. The summed E-state index contributed by atoms with van der Waals surface area (Å²) in [5.41, 5.74) is 0.575. The monoisotopic (exact) mass is 254 g/mol. The van der Waals surface area contributed by atoms with Gasteiger partial charge in [-0.1, -0.05) is 13.0 Å². The van der Waals surface area contributed by atoms with Gasteiger partial charge in [-0.05, 0) is 18.9 Å². The first-order chi connectivity index (χ1) is 8.69. The summed E-state index contributed by atoms with van der Waals surface area (Å²) in [4.78, 5) is 2.22. The van der Waals surface area contributed by atoms with E-state index in [1.807, 2.05) is 0 Å². The normalized spacial score (nSPS) is 21.8. The molecule has 0 radical (unpaired) electrons. The molecule has 1 N–H and O–H groups in total. The Bertz CT molecular complexity index is 395. The van der Waals surface area contributed by atoms with E-state index in [1.165, 1.54) is 6.07 Å². The van der Waals surface area contributed by atoms with E-state index in [9.17, 15) is 8.78 Å². The molecule has 0 spiro atoms. The molecule has 0 aromatic heterocycles. The van der Waals surface area contributed by atoms with Crippen molar-refractivity contribution in [3.63, 3.8) is 0 Å². The van der Waals surface area contributed by atoms with Crippen molar-refractivity contribution >= 4 is 0 Å². The summed E-state index contributed by atoms with van der Waals surface area (Å²) in [6.45, 7) is 5.54. The number of nitrogens with one attached hydrogen (secondary N) is 1. The van der Waals surface area contributed by atoms with E-state index in [4.69, 9.17) is 0 Å². The first-order valence-corrected chi connectivity index (χ1v) is 6.58. The number of nitrogens with zero attached hydrogens (tertiary/aromatic N) is 1. The summed E-state index contributed by atoms with van der Waals surface area (Å²) in [6, 6.07) is 4.39. The molecule has 1 unspecified atom stereocenters. The van der Waals surface area contributed by atoms with Gasteiger partial charge in [-0.15, -0.1) is 0 Å². The molecule has 1 aliphatic rings. The molecule has 1 fully saturated rings. The molecule has 1 saturated heterocycles. The third kappa shape index (κ3) is 3.50. The standard InChI is InChI=1S/C14H20F2N2/c1-2-13-5-7-18(8-6-17-13)10-11-3-4-12(15)9-14(11)16/h3-4,9,13,17H,2,5-8,10H2,1H3. The van der Waals surface area contributed by atoms with Gasteiger partial charge >= 0.3 is 0 Å². The summed E-state index contributed by atoms with van der Waals surface area (Å²) in [5, 5.41) is 3.48. The molecular weight excluding hydrogens is 234 g/mol. The fourth-order valence-electron chi connectivity index (χ4n) is 2.38. The zero-order valence-corrected chi connectivity index (χ0v) is 10.8. The zero-order chi connectivity index (χ0) is 13.0. The van der Waals surface area contributed by atoms with Gasteiger partial charge in [0, 0.05) is 43.9 Å². The maximum atomic E-state index is 13.6. The van der Waals surface area contributed by atoms with E-state index in [1.54, 1.807) is 6.07 Å². The molecule has 0 aliphatic carbocycles. The highest BCUT2D eigenvalue weighted by atomic mass is 19.1. The molecule has 1 aromatic carbocycles. The largest absolute Gasteiger partial charge is 0.313 e. The number of halogens is 2. The Morgan fingerprint density at radius 3 is 2.89 bits per heavy atom. The van der Waals surface area contributed by atoms with Crippen LogP contribution in [-0.4, -0.2) is 30.6 Å². The Hall–Kier alpha value is -1.00. The molecule has 100 valence electrons. The summed E-state index contributed by atoms with van der Waals surface area (Å²) in [5.74, 6) is -0.959. The highest BCUT2D eigenvalue weighted by Crippen LogP contribution is 2.14. The van der Waals surface area contributed by atoms with E-state index in [-0.39, 0.29) is 0 Å². The average molecular weight is 254 g/mol. The average Bonchev–Trinajstić information content (AvgIpc) is 2.58. The van der Waals surface area contributed by atoms with Crippen LogP contribution in [0.3, 0.4) is 0 Å². The Labute approximate surface area is 107 Å². The van der Waals surface area contributed by atoms with Gasteiger partial charge < -0.3 is 5.32 Å². The number of rotatable bonds is 3. The lowest BCUT2D eigenvalue weighted by atomic mass is 10.1. The van der Waals surface area contributed by atoms with E-state index >= 15 is 0 Å². The number of hydrogen-bond acceptors (Lipinski definition) is 2. The predicted molar refractivity (Wildman–Crippen MR) is 68.3 cm³/mol. The van der Waals surface area contributed by atoms with Crippen molar-refractivity contribution in [2.75, 3.05) is 19.6 Å². The lowest BCUT2D eigenvalue weighted by molar-refractivity contribution is 0.277. The number of hydrogen-bond donors (Lipinski definition) is 1. The van der Waals surface area contributed by atoms with Crippen molar-refractivity contribution in [2.45, 2.75) is 32.4 Å². The lowest BCUT2D eigenvalue weighted by Gasteiger charge is -2.20. The molecule has 0 bridgehead atoms. The minimum absolute atomic E-state index is 0.445. The summed E-state index contributed by atoms with van der Waals surface area (Å²) in [7, 11) is 0. The first kappa shape index (κ1) is 13.4.